The van der Waals surface area contributed by atoms with Crippen LogP contribution in [0.2, 0.25) is 0 Å². The highest BCUT2D eigenvalue weighted by Gasteiger charge is 2.21. The Labute approximate surface area is 171 Å². The van der Waals surface area contributed by atoms with E-state index >= 15 is 0 Å². The number of carbonyl (C=O) groups excluding carboxylic acids is 1. The maximum atomic E-state index is 12.2. The Morgan fingerprint density at radius 3 is 2.45 bits per heavy atom. The van der Waals surface area contributed by atoms with Gasteiger partial charge in [-0.3, -0.25) is 14.6 Å². The number of ether oxygens (including phenoxy) is 2. The zero-order chi connectivity index (χ0) is 20.5. The summed E-state index contributed by atoms with van der Waals surface area (Å²) in [5, 5.41) is 2.90. The number of nitrogens with one attached hydrogen (secondary N) is 1. The number of rotatable bonds is 9. The molecule has 0 atom stereocenters. The van der Waals surface area contributed by atoms with Crippen LogP contribution in [0.5, 0.6) is 5.75 Å². The van der Waals surface area contributed by atoms with E-state index in [1.807, 2.05) is 0 Å². The van der Waals surface area contributed by atoms with E-state index in [1.54, 1.807) is 12.1 Å². The fourth-order valence-electron chi connectivity index (χ4n) is 3.87. The Hall–Kier alpha value is -1.77. The van der Waals surface area contributed by atoms with Gasteiger partial charge in [-0.15, -0.1) is 0 Å². The summed E-state index contributed by atoms with van der Waals surface area (Å²) in [7, 11) is 0. The first-order chi connectivity index (χ1) is 14.1. The number of alkyl halides is 2. The molecule has 2 aliphatic heterocycles. The molecule has 0 radical (unpaired) electrons. The van der Waals surface area contributed by atoms with Crippen LogP contribution in [-0.4, -0.2) is 74.8 Å². The molecule has 2 saturated heterocycles. The van der Waals surface area contributed by atoms with Gasteiger partial charge in [-0.2, -0.15) is 8.78 Å². The summed E-state index contributed by atoms with van der Waals surface area (Å²) < 4.78 is 34.0. The van der Waals surface area contributed by atoms with Gasteiger partial charge in [0.15, 0.2) is 0 Å². The van der Waals surface area contributed by atoms with Crippen LogP contribution in [0.15, 0.2) is 24.3 Å². The molecule has 3 rings (SSSR count). The fraction of sp³-hybridized carbons (Fsp3) is 0.667. The van der Waals surface area contributed by atoms with Gasteiger partial charge in [-0.1, -0.05) is 12.1 Å². The van der Waals surface area contributed by atoms with Crippen LogP contribution in [0.1, 0.15) is 24.8 Å². The molecule has 2 aliphatic rings. The van der Waals surface area contributed by atoms with Crippen LogP contribution in [0.25, 0.3) is 0 Å². The molecule has 1 aromatic rings. The van der Waals surface area contributed by atoms with Gasteiger partial charge in [-0.25, -0.2) is 0 Å². The van der Waals surface area contributed by atoms with Gasteiger partial charge in [0, 0.05) is 19.6 Å². The molecule has 29 heavy (non-hydrogen) atoms. The molecule has 1 aromatic carbocycles. The van der Waals surface area contributed by atoms with Crippen molar-refractivity contribution in [3.05, 3.63) is 29.8 Å². The lowest BCUT2D eigenvalue weighted by atomic mass is 9.93. The number of halogens is 2. The molecule has 1 N–H and O–H groups in total. The van der Waals surface area contributed by atoms with Crippen molar-refractivity contribution in [1.82, 2.24) is 15.1 Å². The topological polar surface area (TPSA) is 54.0 Å². The molecular weight excluding hydrogens is 380 g/mol. The summed E-state index contributed by atoms with van der Waals surface area (Å²) in [6.07, 6.45) is 3.51. The summed E-state index contributed by atoms with van der Waals surface area (Å²) in [5.74, 6) is 0.849. The van der Waals surface area contributed by atoms with Crippen molar-refractivity contribution in [3.63, 3.8) is 0 Å². The highest BCUT2D eigenvalue weighted by atomic mass is 19.3. The smallest absolute Gasteiger partial charge is 0.387 e. The lowest BCUT2D eigenvalue weighted by molar-refractivity contribution is -0.122. The lowest BCUT2D eigenvalue weighted by Crippen LogP contribution is -2.42. The van der Waals surface area contributed by atoms with Crippen molar-refractivity contribution in [2.45, 2.75) is 32.4 Å². The van der Waals surface area contributed by atoms with Gasteiger partial charge in [-0.05, 0) is 62.5 Å². The Bertz CT molecular complexity index is 616. The quantitative estimate of drug-likeness (QED) is 0.676. The molecule has 2 heterocycles. The van der Waals surface area contributed by atoms with Crippen LogP contribution in [0, 0.1) is 5.92 Å². The molecule has 8 heteroatoms. The number of piperidine rings is 1. The van der Waals surface area contributed by atoms with E-state index in [0.29, 0.717) is 13.1 Å². The molecule has 0 unspecified atom stereocenters. The number of nitrogens with zero attached hydrogens (tertiary/aromatic N) is 2. The van der Waals surface area contributed by atoms with E-state index in [-0.39, 0.29) is 11.7 Å². The van der Waals surface area contributed by atoms with E-state index in [9.17, 15) is 13.6 Å². The average molecular weight is 411 g/mol. The Morgan fingerprint density at radius 1 is 1.10 bits per heavy atom. The molecule has 0 saturated carbocycles. The van der Waals surface area contributed by atoms with Crippen LogP contribution < -0.4 is 10.1 Å². The normalized spacial score (nSPS) is 19.4. The number of morpholine rings is 1. The van der Waals surface area contributed by atoms with Crippen molar-refractivity contribution in [3.8, 4) is 5.75 Å². The summed E-state index contributed by atoms with van der Waals surface area (Å²) >= 11 is 0. The Morgan fingerprint density at radius 2 is 1.79 bits per heavy atom. The maximum Gasteiger partial charge on any atom is 0.387 e. The van der Waals surface area contributed by atoms with Gasteiger partial charge in [0.25, 0.3) is 0 Å². The summed E-state index contributed by atoms with van der Waals surface area (Å²) in [5.41, 5.74) is 0.849. The third-order valence-electron chi connectivity index (χ3n) is 5.67. The van der Waals surface area contributed by atoms with E-state index in [1.165, 1.54) is 18.6 Å². The number of benzene rings is 1. The molecule has 2 fully saturated rings. The van der Waals surface area contributed by atoms with Crippen molar-refractivity contribution < 1.29 is 23.0 Å². The number of likely N-dealkylation sites (tertiary alicyclic amines) is 1. The van der Waals surface area contributed by atoms with Crippen molar-refractivity contribution in [2.75, 3.05) is 52.5 Å². The predicted molar refractivity (Wildman–Crippen MR) is 106 cm³/mol. The molecule has 0 aromatic heterocycles. The number of hydrogen-bond donors (Lipinski definition) is 1. The van der Waals surface area contributed by atoms with Crippen LogP contribution in [0.4, 0.5) is 8.78 Å². The molecular formula is C21H31F2N3O3. The second-order valence-electron chi connectivity index (χ2n) is 7.76. The molecule has 162 valence electrons. The van der Waals surface area contributed by atoms with Crippen molar-refractivity contribution in [2.24, 2.45) is 5.92 Å². The summed E-state index contributed by atoms with van der Waals surface area (Å²) in [4.78, 5) is 16.9. The maximum absolute atomic E-state index is 12.2. The number of amides is 1. The predicted octanol–water partition coefficient (Wildman–Crippen LogP) is 2.34. The molecule has 0 bridgehead atoms. The van der Waals surface area contributed by atoms with Crippen molar-refractivity contribution >= 4 is 5.91 Å². The average Bonchev–Trinajstić information content (AvgIpc) is 2.73. The largest absolute Gasteiger partial charge is 0.435 e. The highest BCUT2D eigenvalue weighted by molar-refractivity contribution is 5.78. The first-order valence-electron chi connectivity index (χ1n) is 10.4. The van der Waals surface area contributed by atoms with E-state index < -0.39 is 6.61 Å². The van der Waals surface area contributed by atoms with Gasteiger partial charge >= 0.3 is 6.61 Å². The monoisotopic (exact) mass is 411 g/mol. The second kappa shape index (κ2) is 11.4. The van der Waals surface area contributed by atoms with Crippen molar-refractivity contribution in [1.29, 1.82) is 0 Å². The van der Waals surface area contributed by atoms with Gasteiger partial charge < -0.3 is 14.8 Å². The zero-order valence-electron chi connectivity index (χ0n) is 16.8. The van der Waals surface area contributed by atoms with Crippen LogP contribution >= 0.6 is 0 Å². The summed E-state index contributed by atoms with van der Waals surface area (Å²) in [6.45, 7) is 4.80. The first-order valence-corrected chi connectivity index (χ1v) is 10.4. The SMILES string of the molecule is O=C(CN1CCC(CCN2CCOCC2)CC1)NCc1ccc(OC(F)F)cc1. The van der Waals surface area contributed by atoms with Gasteiger partial charge in [0.2, 0.25) is 5.91 Å². The molecule has 0 aliphatic carbocycles. The zero-order valence-corrected chi connectivity index (χ0v) is 16.8. The van der Waals surface area contributed by atoms with E-state index in [4.69, 9.17) is 4.74 Å². The third-order valence-corrected chi connectivity index (χ3v) is 5.67. The Balaban J connectivity index is 1.29. The van der Waals surface area contributed by atoms with E-state index in [0.717, 1.165) is 70.3 Å². The minimum Gasteiger partial charge on any atom is -0.435 e. The van der Waals surface area contributed by atoms with Crippen LogP contribution in [0.3, 0.4) is 0 Å². The highest BCUT2D eigenvalue weighted by Crippen LogP contribution is 2.21. The molecule has 0 spiro atoms. The number of hydrogen-bond acceptors (Lipinski definition) is 5. The minimum atomic E-state index is -2.83. The first kappa shape index (κ1) is 21.9. The fourth-order valence-corrected chi connectivity index (χ4v) is 3.87. The summed E-state index contributed by atoms with van der Waals surface area (Å²) in [6, 6.07) is 6.32. The third kappa shape index (κ3) is 7.87. The van der Waals surface area contributed by atoms with E-state index in [2.05, 4.69) is 19.9 Å². The van der Waals surface area contributed by atoms with Gasteiger partial charge in [0.05, 0.1) is 19.8 Å². The minimum absolute atomic E-state index is 0.00956. The van der Waals surface area contributed by atoms with Crippen LogP contribution in [-0.2, 0) is 16.1 Å². The number of carbonyl (C=O) groups is 1. The lowest BCUT2D eigenvalue weighted by Gasteiger charge is -2.33. The molecule has 6 nitrogen and oxygen atoms in total. The molecule has 1 amide bonds. The standard InChI is InChI=1S/C21H31F2N3O3/c22-21(23)29-19-3-1-18(2-4-19)15-24-20(27)16-26-9-6-17(7-10-26)5-8-25-11-13-28-14-12-25/h1-4,17,21H,5-16H2,(H,24,27). The Kier molecular flexibility index (Phi) is 8.64. The van der Waals surface area contributed by atoms with Gasteiger partial charge in [0.1, 0.15) is 5.75 Å². The second-order valence-corrected chi connectivity index (χ2v) is 7.76.